The lowest BCUT2D eigenvalue weighted by Crippen LogP contribution is -3.12. The predicted molar refractivity (Wildman–Crippen MR) is 116 cm³/mol. The summed E-state index contributed by atoms with van der Waals surface area (Å²) in [4.78, 5) is 28.8. The molecule has 0 radical (unpaired) electrons. The molecule has 0 fully saturated rings. The zero-order valence-corrected chi connectivity index (χ0v) is 18.1. The molecule has 28 heavy (non-hydrogen) atoms. The smallest absolute Gasteiger partial charge is 0.280 e. The summed E-state index contributed by atoms with van der Waals surface area (Å²) in [6.45, 7) is 4.69. The third kappa shape index (κ3) is 6.39. The van der Waals surface area contributed by atoms with Crippen molar-refractivity contribution in [3.8, 4) is 0 Å². The molecule has 150 valence electrons. The van der Waals surface area contributed by atoms with Crippen LogP contribution in [0.2, 0.25) is 0 Å². The summed E-state index contributed by atoms with van der Waals surface area (Å²) in [5.41, 5.74) is 3.06. The van der Waals surface area contributed by atoms with E-state index >= 15 is 0 Å². The largest absolute Gasteiger partial charge is 0.331 e. The molecule has 0 aliphatic heterocycles. The van der Waals surface area contributed by atoms with Crippen LogP contribution in [0.1, 0.15) is 18.1 Å². The number of carbonyl (C=O) groups is 2. The van der Waals surface area contributed by atoms with E-state index in [4.69, 9.17) is 0 Å². The Morgan fingerprint density at radius 3 is 2.29 bits per heavy atom. The zero-order valence-electron chi connectivity index (χ0n) is 17.3. The summed E-state index contributed by atoms with van der Waals surface area (Å²) in [5, 5.41) is 2.83. The van der Waals surface area contributed by atoms with Crippen LogP contribution in [0.5, 0.6) is 0 Å². The predicted octanol–water partition coefficient (Wildman–Crippen LogP) is 2.22. The Balaban J connectivity index is 1.87. The molecular weight excluding hydrogens is 370 g/mol. The van der Waals surface area contributed by atoms with Crippen molar-refractivity contribution in [1.29, 1.82) is 0 Å². The fraction of sp³-hybridized carbons (Fsp3) is 0.364. The second-order valence-corrected chi connectivity index (χ2v) is 8.08. The van der Waals surface area contributed by atoms with Gasteiger partial charge in [-0.1, -0.05) is 29.8 Å². The number of hydrogen-bond acceptors (Lipinski definition) is 3. The van der Waals surface area contributed by atoms with Crippen molar-refractivity contribution < 1.29 is 14.5 Å². The molecule has 0 heterocycles. The Labute approximate surface area is 172 Å². The first-order chi connectivity index (χ1) is 13.3. The maximum Gasteiger partial charge on any atom is 0.280 e. The molecular formula is C22H30N3O2S+. The Bertz CT molecular complexity index is 790. The van der Waals surface area contributed by atoms with E-state index in [0.29, 0.717) is 0 Å². The van der Waals surface area contributed by atoms with Gasteiger partial charge in [0, 0.05) is 23.2 Å². The van der Waals surface area contributed by atoms with E-state index < -0.39 is 0 Å². The fourth-order valence-electron chi connectivity index (χ4n) is 2.89. The number of rotatable bonds is 8. The highest BCUT2D eigenvalue weighted by Gasteiger charge is 2.26. The number of hydrogen-bond donors (Lipinski definition) is 2. The second-order valence-electron chi connectivity index (χ2n) is 7.20. The van der Waals surface area contributed by atoms with Crippen LogP contribution in [0, 0.1) is 6.92 Å². The number of carbonyl (C=O) groups excluding carboxylic acids is 2. The lowest BCUT2D eigenvalue weighted by Gasteiger charge is -2.25. The van der Waals surface area contributed by atoms with Crippen LogP contribution >= 0.6 is 11.8 Å². The summed E-state index contributed by atoms with van der Waals surface area (Å²) in [5.74, 6) is -0.241. The molecule has 0 aliphatic carbocycles. The van der Waals surface area contributed by atoms with Gasteiger partial charge >= 0.3 is 0 Å². The van der Waals surface area contributed by atoms with Gasteiger partial charge in [-0.2, -0.15) is 0 Å². The van der Waals surface area contributed by atoms with Gasteiger partial charge in [0.25, 0.3) is 5.91 Å². The van der Waals surface area contributed by atoms with E-state index in [1.54, 1.807) is 18.8 Å². The van der Waals surface area contributed by atoms with Crippen molar-refractivity contribution in [2.24, 2.45) is 0 Å². The third-order valence-corrected chi connectivity index (χ3v) is 5.59. The molecule has 0 saturated heterocycles. The summed E-state index contributed by atoms with van der Waals surface area (Å²) in [6.07, 6.45) is 2.05. The number of amides is 2. The summed E-state index contributed by atoms with van der Waals surface area (Å²) in [6, 6.07) is 15.8. The Morgan fingerprint density at radius 1 is 1.11 bits per heavy atom. The van der Waals surface area contributed by atoms with E-state index in [2.05, 4.69) is 35.8 Å². The first-order valence-electron chi connectivity index (χ1n) is 9.37. The molecule has 2 N–H and O–H groups in total. The standard InChI is InChI=1S/C22H29N3O2S/c1-16-6-10-19(11-7-16)23-21(26)15-25(4)22(27)17(2)24(3)14-18-8-12-20(28-5)13-9-18/h6-13,17H,14-15H2,1-5H3,(H,23,26)/p+1/t17-/m1/s1. The van der Waals surface area contributed by atoms with Gasteiger partial charge in [-0.3, -0.25) is 9.59 Å². The minimum absolute atomic E-state index is 0.0345. The van der Waals surface area contributed by atoms with E-state index in [1.807, 2.05) is 45.2 Å². The van der Waals surface area contributed by atoms with Gasteiger partial charge in [0.1, 0.15) is 6.54 Å². The van der Waals surface area contributed by atoms with Gasteiger partial charge in [0.2, 0.25) is 5.91 Å². The normalized spacial score (nSPS) is 12.9. The maximum absolute atomic E-state index is 12.7. The van der Waals surface area contributed by atoms with Gasteiger partial charge in [0.15, 0.2) is 6.04 Å². The molecule has 6 heteroatoms. The monoisotopic (exact) mass is 400 g/mol. The molecule has 0 spiro atoms. The van der Waals surface area contributed by atoms with E-state index in [9.17, 15) is 9.59 Å². The van der Waals surface area contributed by atoms with E-state index in [-0.39, 0.29) is 24.4 Å². The van der Waals surface area contributed by atoms with Crippen molar-refractivity contribution in [3.05, 3.63) is 59.7 Å². The number of benzene rings is 2. The first kappa shape index (κ1) is 22.0. The van der Waals surface area contributed by atoms with Crippen molar-refractivity contribution in [1.82, 2.24) is 4.90 Å². The highest BCUT2D eigenvalue weighted by molar-refractivity contribution is 7.98. The van der Waals surface area contributed by atoms with Gasteiger partial charge in [-0.25, -0.2) is 0 Å². The van der Waals surface area contributed by atoms with Gasteiger partial charge < -0.3 is 15.1 Å². The van der Waals surface area contributed by atoms with Gasteiger partial charge in [-0.05, 0) is 44.4 Å². The molecule has 2 atom stereocenters. The lowest BCUT2D eigenvalue weighted by atomic mass is 10.2. The van der Waals surface area contributed by atoms with Crippen molar-refractivity contribution >= 4 is 29.3 Å². The zero-order chi connectivity index (χ0) is 20.7. The van der Waals surface area contributed by atoms with Crippen LogP contribution in [0.3, 0.4) is 0 Å². The average molecular weight is 401 g/mol. The van der Waals surface area contributed by atoms with Crippen LogP contribution < -0.4 is 10.2 Å². The Hall–Kier alpha value is -2.31. The molecule has 1 unspecified atom stereocenters. The van der Waals surface area contributed by atoms with Gasteiger partial charge in [-0.15, -0.1) is 11.8 Å². The SMILES string of the molecule is CSc1ccc(C[NH+](C)[C@H](C)C(=O)N(C)CC(=O)Nc2ccc(C)cc2)cc1. The molecule has 0 aliphatic rings. The Morgan fingerprint density at radius 2 is 1.71 bits per heavy atom. The van der Waals surface area contributed by atoms with E-state index in [0.717, 1.165) is 22.7 Å². The molecule has 2 aromatic rings. The van der Waals surface area contributed by atoms with Crippen molar-refractivity contribution in [2.75, 3.05) is 32.2 Å². The number of nitrogens with one attached hydrogen (secondary N) is 2. The topological polar surface area (TPSA) is 53.9 Å². The average Bonchev–Trinajstić information content (AvgIpc) is 2.69. The minimum Gasteiger partial charge on any atom is -0.331 e. The van der Waals surface area contributed by atoms with Crippen LogP contribution in [0.4, 0.5) is 5.69 Å². The molecule has 0 saturated carbocycles. The highest BCUT2D eigenvalue weighted by Crippen LogP contribution is 2.14. The van der Waals surface area contributed by atoms with Crippen LogP contribution in [-0.4, -0.2) is 49.7 Å². The van der Waals surface area contributed by atoms with E-state index in [1.165, 1.54) is 15.4 Å². The number of quaternary nitrogens is 1. The maximum atomic E-state index is 12.7. The molecule has 0 aromatic heterocycles. The number of likely N-dealkylation sites (N-methyl/N-ethyl adjacent to an activating group) is 2. The van der Waals surface area contributed by atoms with Crippen molar-refractivity contribution in [2.45, 2.75) is 31.3 Å². The quantitative estimate of drug-likeness (QED) is 0.668. The number of thioether (sulfide) groups is 1. The molecule has 5 nitrogen and oxygen atoms in total. The third-order valence-electron chi connectivity index (χ3n) is 4.84. The number of anilines is 1. The minimum atomic E-state index is -0.239. The highest BCUT2D eigenvalue weighted by atomic mass is 32.2. The van der Waals surface area contributed by atoms with Crippen LogP contribution in [0.15, 0.2) is 53.4 Å². The summed E-state index contributed by atoms with van der Waals surface area (Å²) >= 11 is 1.71. The Kier molecular flexibility index (Phi) is 8.08. The fourth-order valence-corrected chi connectivity index (χ4v) is 3.30. The van der Waals surface area contributed by atoms with Gasteiger partial charge in [0.05, 0.1) is 13.6 Å². The molecule has 2 aromatic carbocycles. The summed E-state index contributed by atoms with van der Waals surface area (Å²) in [7, 11) is 3.68. The molecule has 2 rings (SSSR count). The lowest BCUT2D eigenvalue weighted by molar-refractivity contribution is -0.908. The van der Waals surface area contributed by atoms with Crippen LogP contribution in [-0.2, 0) is 16.1 Å². The molecule has 2 amide bonds. The molecule has 0 bridgehead atoms. The van der Waals surface area contributed by atoms with Crippen LogP contribution in [0.25, 0.3) is 0 Å². The van der Waals surface area contributed by atoms with Crippen molar-refractivity contribution in [3.63, 3.8) is 0 Å². The number of nitrogens with zero attached hydrogens (tertiary/aromatic N) is 1. The first-order valence-corrected chi connectivity index (χ1v) is 10.6. The second kappa shape index (κ2) is 10.3. The number of aryl methyl sites for hydroxylation is 1. The summed E-state index contributed by atoms with van der Waals surface area (Å²) < 4.78 is 0.